The van der Waals surface area contributed by atoms with Crippen LogP contribution in [0, 0.1) is 31.0 Å². The second-order valence-corrected chi connectivity index (χ2v) is 3.49. The van der Waals surface area contributed by atoms with Gasteiger partial charge in [0.25, 0.3) is 0 Å². The number of halogens is 1. The summed E-state index contributed by atoms with van der Waals surface area (Å²) in [6.45, 7) is 5.98. The molecular weight excluding hydrogens is 212 g/mol. The molecule has 1 aromatic rings. The third-order valence-electron chi connectivity index (χ3n) is 1.18. The molecule has 14 heavy (non-hydrogen) atoms. The predicted octanol–water partition coefficient (Wildman–Crippen LogP) is -2.27. The van der Waals surface area contributed by atoms with E-state index in [0.717, 1.165) is 11.5 Å². The second kappa shape index (κ2) is 5.23. The van der Waals surface area contributed by atoms with Crippen molar-refractivity contribution < 1.29 is 33.3 Å². The average Bonchev–Trinajstić information content (AvgIpc) is 1.77. The van der Waals surface area contributed by atoms with Gasteiger partial charge in [-0.25, -0.2) is 23.1 Å². The van der Waals surface area contributed by atoms with Crippen molar-refractivity contribution in [3.05, 3.63) is 29.2 Å². The Balaban J connectivity index is 0.000000292. The number of rotatable bonds is 0. The average molecular weight is 223 g/mol. The quantitative estimate of drug-likeness (QED) is 0.461. The molecule has 0 amide bonds. The maximum Gasteiger partial charge on any atom is 0.326 e. The van der Waals surface area contributed by atoms with Gasteiger partial charge in [-0.15, -0.1) is 10.2 Å². The molecule has 0 aromatic carbocycles. The van der Waals surface area contributed by atoms with E-state index in [2.05, 4.69) is 6.92 Å². The molecule has 6 heteroatoms. The maximum absolute atomic E-state index is 8.49. The van der Waals surface area contributed by atoms with E-state index in [1.165, 1.54) is 5.56 Å². The van der Waals surface area contributed by atoms with Crippen LogP contribution in [0.3, 0.4) is 0 Å². The lowest BCUT2D eigenvalue weighted by atomic mass is 10.2. The molecule has 5 nitrogen and oxygen atoms in total. The molecular formula is C8H11ClO5. The lowest BCUT2D eigenvalue weighted by Crippen LogP contribution is -2.68. The third-order valence-corrected chi connectivity index (χ3v) is 1.18. The van der Waals surface area contributed by atoms with Crippen LogP contribution < -0.4 is 18.6 Å². The fourth-order valence-electron chi connectivity index (χ4n) is 0.996. The van der Waals surface area contributed by atoms with Crippen LogP contribution in [0.5, 0.6) is 0 Å². The van der Waals surface area contributed by atoms with Gasteiger partial charge in [0, 0.05) is 12.1 Å². The molecule has 0 saturated heterocycles. The minimum Gasteiger partial charge on any atom is -0.222 e. The van der Waals surface area contributed by atoms with Crippen LogP contribution >= 0.6 is 0 Å². The zero-order valence-electron chi connectivity index (χ0n) is 8.07. The first-order valence-corrected chi connectivity index (χ1v) is 4.91. The largest absolute Gasteiger partial charge is 0.326 e. The van der Waals surface area contributed by atoms with Crippen molar-refractivity contribution in [3.63, 3.8) is 0 Å². The van der Waals surface area contributed by atoms with Crippen LogP contribution in [0.4, 0.5) is 0 Å². The molecule has 0 saturated carbocycles. The summed E-state index contributed by atoms with van der Waals surface area (Å²) in [6.07, 6.45) is 0. The lowest BCUT2D eigenvalue weighted by molar-refractivity contribution is -2.00. The Morgan fingerprint density at radius 1 is 0.929 bits per heavy atom. The van der Waals surface area contributed by atoms with Gasteiger partial charge in [0.2, 0.25) is 0 Å². The Morgan fingerprint density at radius 3 is 1.43 bits per heavy atom. The van der Waals surface area contributed by atoms with Gasteiger partial charge in [-0.1, -0.05) is 0 Å². The van der Waals surface area contributed by atoms with Gasteiger partial charge in [0.1, 0.15) is 0 Å². The molecule has 0 N–H and O–H groups in total. The van der Waals surface area contributed by atoms with Gasteiger partial charge >= 0.3 is 11.5 Å². The van der Waals surface area contributed by atoms with Gasteiger partial charge in [0.05, 0.1) is 13.8 Å². The molecule has 1 heterocycles. The van der Waals surface area contributed by atoms with Crippen LogP contribution in [0.15, 0.2) is 16.5 Å². The maximum atomic E-state index is 8.49. The fraction of sp³-hybridized carbons (Fsp3) is 0.375. The van der Waals surface area contributed by atoms with E-state index in [1.807, 2.05) is 26.0 Å². The van der Waals surface area contributed by atoms with E-state index < -0.39 is 10.2 Å². The number of hydrogen-bond donors (Lipinski definition) is 0. The van der Waals surface area contributed by atoms with Crippen LogP contribution in [-0.2, 0) is 0 Å². The van der Waals surface area contributed by atoms with Crippen LogP contribution in [0.1, 0.15) is 17.1 Å². The van der Waals surface area contributed by atoms with Crippen LogP contribution in [0.2, 0.25) is 0 Å². The molecule has 0 atom stereocenters. The standard InChI is InChI=1S/C8H11O.ClHO4/c1-6-4-7(2)9-8(3)5-6;2-1(3,4)5/h4-5H,1-3H3;(H,2,3,4,5)/q+1;/p-1. The summed E-state index contributed by atoms with van der Waals surface area (Å²) in [4.78, 5) is 0. The first-order chi connectivity index (χ1) is 6.18. The van der Waals surface area contributed by atoms with Crippen LogP contribution in [0.25, 0.3) is 0 Å². The Hall–Kier alpha value is -0.720. The van der Waals surface area contributed by atoms with Crippen molar-refractivity contribution in [2.75, 3.05) is 0 Å². The van der Waals surface area contributed by atoms with E-state index in [1.54, 1.807) is 0 Å². The summed E-state index contributed by atoms with van der Waals surface area (Å²) in [5.74, 6) is 1.96. The number of aryl methyl sites for hydroxylation is 3. The zero-order valence-corrected chi connectivity index (χ0v) is 8.83. The molecule has 0 aliphatic heterocycles. The minimum absolute atomic E-state index is 0.979. The van der Waals surface area contributed by atoms with Gasteiger partial charge in [-0.05, 0) is 12.5 Å². The molecule has 1 rings (SSSR count). The molecule has 0 radical (unpaired) electrons. The molecule has 0 aliphatic rings. The van der Waals surface area contributed by atoms with Crippen molar-refractivity contribution in [3.8, 4) is 0 Å². The number of hydrogen-bond acceptors (Lipinski definition) is 4. The zero-order chi connectivity index (χ0) is 11.4. The Labute approximate surface area is 84.0 Å². The molecule has 1 aromatic heterocycles. The van der Waals surface area contributed by atoms with Crippen molar-refractivity contribution in [1.29, 1.82) is 0 Å². The van der Waals surface area contributed by atoms with E-state index >= 15 is 0 Å². The topological polar surface area (TPSA) is 104 Å². The summed E-state index contributed by atoms with van der Waals surface area (Å²) in [5.41, 5.74) is 1.26. The third kappa shape index (κ3) is 9.37. The molecule has 0 spiro atoms. The van der Waals surface area contributed by atoms with E-state index in [-0.39, 0.29) is 0 Å². The van der Waals surface area contributed by atoms with Crippen molar-refractivity contribution in [2.45, 2.75) is 20.8 Å². The highest BCUT2D eigenvalue weighted by Crippen LogP contribution is 2.06. The minimum atomic E-state index is -4.94. The normalized spacial score (nSPS) is 10.5. The van der Waals surface area contributed by atoms with Crippen LogP contribution in [-0.4, -0.2) is 0 Å². The fourth-order valence-corrected chi connectivity index (χ4v) is 0.996. The molecule has 0 bridgehead atoms. The highest BCUT2D eigenvalue weighted by Gasteiger charge is 2.03. The summed E-state index contributed by atoms with van der Waals surface area (Å²) in [6, 6.07) is 4.04. The van der Waals surface area contributed by atoms with E-state index in [4.69, 9.17) is 23.1 Å². The smallest absolute Gasteiger partial charge is 0.222 e. The molecule has 0 aliphatic carbocycles. The Kier molecular flexibility index (Phi) is 4.96. The van der Waals surface area contributed by atoms with E-state index in [9.17, 15) is 0 Å². The first-order valence-electron chi connectivity index (χ1n) is 3.68. The monoisotopic (exact) mass is 222 g/mol. The highest BCUT2D eigenvalue weighted by molar-refractivity contribution is 5.14. The first kappa shape index (κ1) is 13.3. The van der Waals surface area contributed by atoms with Gasteiger partial charge in [0.15, 0.2) is 0 Å². The van der Waals surface area contributed by atoms with Gasteiger partial charge < -0.3 is 0 Å². The Bertz CT molecular complexity index is 238. The molecule has 0 fully saturated rings. The van der Waals surface area contributed by atoms with E-state index in [0.29, 0.717) is 0 Å². The lowest BCUT2D eigenvalue weighted by Gasteiger charge is -2.17. The summed E-state index contributed by atoms with van der Waals surface area (Å²) >= 11 is 0. The molecule has 0 unspecified atom stereocenters. The summed E-state index contributed by atoms with van der Waals surface area (Å²) in [5, 5.41) is 0. The summed E-state index contributed by atoms with van der Waals surface area (Å²) in [7, 11) is -4.94. The summed E-state index contributed by atoms with van der Waals surface area (Å²) < 4.78 is 39.2. The second-order valence-electron chi connectivity index (χ2n) is 2.73. The predicted molar refractivity (Wildman–Crippen MR) is 37.3 cm³/mol. The molecule has 80 valence electrons. The van der Waals surface area contributed by atoms with Crippen molar-refractivity contribution in [2.24, 2.45) is 0 Å². The van der Waals surface area contributed by atoms with Gasteiger partial charge in [-0.3, -0.25) is 0 Å². The van der Waals surface area contributed by atoms with Crippen molar-refractivity contribution >= 4 is 0 Å². The Morgan fingerprint density at radius 2 is 1.21 bits per heavy atom. The van der Waals surface area contributed by atoms with Crippen molar-refractivity contribution in [1.82, 2.24) is 0 Å². The SMILES string of the molecule is Cc1cc(C)[o+]c(C)c1.[O-][Cl+3]([O-])([O-])[O-]. The van der Waals surface area contributed by atoms with Gasteiger partial charge in [-0.2, -0.15) is 0 Å². The highest BCUT2D eigenvalue weighted by atomic mass is 35.7.